The average molecular weight is 469 g/mol. The highest BCUT2D eigenvalue weighted by Gasteiger charge is 2.37. The molecule has 1 aliphatic heterocycles. The van der Waals surface area contributed by atoms with E-state index in [4.69, 9.17) is 9.26 Å². The van der Waals surface area contributed by atoms with E-state index in [0.29, 0.717) is 6.61 Å². The molecular weight excluding hydrogens is 427 g/mol. The Morgan fingerprint density at radius 1 is 1.21 bits per heavy atom. The molecule has 2 rings (SSSR count). The highest BCUT2D eigenvalue weighted by atomic mass is 31.2. The molecule has 180 valence electrons. The molecule has 1 aliphatic carbocycles. The number of ether oxygens (including phenoxy) is 1. The maximum atomic E-state index is 9.38. The van der Waals surface area contributed by atoms with Crippen LogP contribution in [0.2, 0.25) is 0 Å². The zero-order chi connectivity index (χ0) is 25.0. The van der Waals surface area contributed by atoms with E-state index < -0.39 is 12.9 Å². The van der Waals surface area contributed by atoms with Crippen LogP contribution in [0, 0.1) is 5.41 Å². The van der Waals surface area contributed by atoms with Gasteiger partial charge in [0, 0.05) is 13.3 Å². The number of allylic oxidation sites excluding steroid dienone is 10. The lowest BCUT2D eigenvalue weighted by Crippen LogP contribution is -2.36. The van der Waals surface area contributed by atoms with Gasteiger partial charge in [-0.3, -0.25) is 0 Å². The third-order valence-corrected chi connectivity index (χ3v) is 7.11. The lowest BCUT2D eigenvalue weighted by molar-refractivity contribution is 0.0908. The number of hydrogen-bond donors (Lipinski definition) is 1. The summed E-state index contributed by atoms with van der Waals surface area (Å²) in [5.74, 6) is 0. The van der Waals surface area contributed by atoms with Gasteiger partial charge in [0.1, 0.15) is 12.9 Å². The van der Waals surface area contributed by atoms with Crippen molar-refractivity contribution in [2.45, 2.75) is 39.2 Å². The summed E-state index contributed by atoms with van der Waals surface area (Å²) in [6, 6.07) is 0. The molecule has 1 heterocycles. The van der Waals surface area contributed by atoms with Crippen molar-refractivity contribution in [2.75, 3.05) is 19.9 Å². The molecule has 0 radical (unpaired) electrons. The minimum atomic E-state index is -2.17. The molecule has 2 unspecified atom stereocenters. The Bertz CT molecular complexity index is 911. The van der Waals surface area contributed by atoms with Crippen LogP contribution in [0.5, 0.6) is 0 Å². The Balaban J connectivity index is 0.000000451. The summed E-state index contributed by atoms with van der Waals surface area (Å²) in [4.78, 5) is 9.38. The first-order valence-electron chi connectivity index (χ1n) is 11.2. The SMILES string of the molecule is C=C/C=C\C=C(/C)C(OC)(C(=C)/C=C\C=C)C1=CCC=CC=C1.C=P1(O)CCC(C)(C)CO1. The van der Waals surface area contributed by atoms with Crippen LogP contribution in [0.4, 0.5) is 0 Å². The molecule has 0 bridgehead atoms. The maximum absolute atomic E-state index is 9.38. The minimum absolute atomic E-state index is 0.240. The Morgan fingerprint density at radius 2 is 1.91 bits per heavy atom. The zero-order valence-electron chi connectivity index (χ0n) is 20.8. The van der Waals surface area contributed by atoms with Gasteiger partial charge in [0.15, 0.2) is 0 Å². The normalized spacial score (nSPS) is 24.4. The third-order valence-electron chi connectivity index (χ3n) is 5.58. The summed E-state index contributed by atoms with van der Waals surface area (Å²) in [5.41, 5.74) is 2.52. The molecule has 0 aromatic heterocycles. The van der Waals surface area contributed by atoms with E-state index in [9.17, 15) is 4.89 Å². The van der Waals surface area contributed by atoms with Crippen molar-refractivity contribution in [3.05, 3.63) is 109 Å². The number of methoxy groups -OCH3 is 1. The first-order chi connectivity index (χ1) is 15.5. The molecule has 1 saturated heterocycles. The topological polar surface area (TPSA) is 38.7 Å². The second-order valence-electron chi connectivity index (χ2n) is 8.92. The van der Waals surface area contributed by atoms with Gasteiger partial charge in [-0.1, -0.05) is 113 Å². The van der Waals surface area contributed by atoms with Crippen LogP contribution >= 0.6 is 7.34 Å². The summed E-state index contributed by atoms with van der Waals surface area (Å²) < 4.78 is 11.3. The van der Waals surface area contributed by atoms with Gasteiger partial charge in [-0.05, 0) is 41.9 Å². The van der Waals surface area contributed by atoms with E-state index >= 15 is 0 Å². The second-order valence-corrected chi connectivity index (χ2v) is 11.3. The van der Waals surface area contributed by atoms with E-state index in [2.05, 4.69) is 65.0 Å². The monoisotopic (exact) mass is 468 g/mol. The van der Waals surface area contributed by atoms with Crippen molar-refractivity contribution < 1.29 is 14.2 Å². The van der Waals surface area contributed by atoms with Crippen molar-refractivity contribution in [2.24, 2.45) is 5.41 Å². The summed E-state index contributed by atoms with van der Waals surface area (Å²) in [6.45, 7) is 18.7. The number of rotatable bonds is 8. The predicted molar refractivity (Wildman–Crippen MR) is 148 cm³/mol. The van der Waals surface area contributed by atoms with E-state index in [-0.39, 0.29) is 5.41 Å². The van der Waals surface area contributed by atoms with E-state index in [1.807, 2.05) is 42.5 Å². The predicted octanol–water partition coefficient (Wildman–Crippen LogP) is 7.51. The molecule has 0 saturated carbocycles. The standard InChI is InChI=1S/C22H26O.C7H15O2P/c1-6-8-12-16-20(4)22(23-5,19(3)15-9-7-2)21-17-13-10-11-14-18-21;1-7(2)4-5-10(3,8)9-6-7/h6-13,15-18H,1-3,14H2,4-5H3;8H,3-6H2,1-2H3/b12-8-,15-9-,20-16+;. The molecular formula is C29H41O3P. The first kappa shape index (κ1) is 28.9. The van der Waals surface area contributed by atoms with Crippen LogP contribution in [0.1, 0.15) is 33.6 Å². The van der Waals surface area contributed by atoms with Crippen LogP contribution in [-0.4, -0.2) is 36.7 Å². The highest BCUT2D eigenvalue weighted by molar-refractivity contribution is 7.63. The first-order valence-corrected chi connectivity index (χ1v) is 13.2. The fourth-order valence-corrected chi connectivity index (χ4v) is 5.20. The molecule has 33 heavy (non-hydrogen) atoms. The molecule has 2 atom stereocenters. The van der Waals surface area contributed by atoms with Crippen LogP contribution < -0.4 is 0 Å². The molecule has 0 amide bonds. The smallest absolute Gasteiger partial charge is 0.138 e. The Hall–Kier alpha value is -2.16. The van der Waals surface area contributed by atoms with Gasteiger partial charge in [-0.15, -0.1) is 0 Å². The lowest BCUT2D eigenvalue weighted by Gasteiger charge is -2.36. The van der Waals surface area contributed by atoms with Crippen LogP contribution in [0.3, 0.4) is 0 Å². The summed E-state index contributed by atoms with van der Waals surface area (Å²) in [7, 11) is -0.450. The quantitative estimate of drug-likeness (QED) is 0.296. The maximum Gasteiger partial charge on any atom is 0.138 e. The number of hydrogen-bond acceptors (Lipinski definition) is 3. The van der Waals surface area contributed by atoms with E-state index in [1.165, 1.54) is 0 Å². The Labute approximate surface area is 201 Å². The summed E-state index contributed by atoms with van der Waals surface area (Å²) in [6.07, 6.45) is 29.9. The molecule has 2 aliphatic rings. The van der Waals surface area contributed by atoms with Gasteiger partial charge >= 0.3 is 0 Å². The summed E-state index contributed by atoms with van der Waals surface area (Å²) >= 11 is 0. The van der Waals surface area contributed by atoms with E-state index in [0.717, 1.165) is 35.7 Å². The highest BCUT2D eigenvalue weighted by Crippen LogP contribution is 2.49. The van der Waals surface area contributed by atoms with Crippen molar-refractivity contribution in [3.63, 3.8) is 0 Å². The van der Waals surface area contributed by atoms with Gasteiger partial charge in [-0.2, -0.15) is 0 Å². The molecule has 4 heteroatoms. The average Bonchev–Trinajstić information content (AvgIpc) is 3.06. The summed E-state index contributed by atoms with van der Waals surface area (Å²) in [5, 5.41) is 0. The van der Waals surface area contributed by atoms with Gasteiger partial charge in [0.05, 0.1) is 6.61 Å². The fraction of sp³-hybridized carbons (Fsp3) is 0.345. The zero-order valence-corrected chi connectivity index (χ0v) is 21.7. The third kappa shape index (κ3) is 8.95. The Morgan fingerprint density at radius 3 is 2.45 bits per heavy atom. The van der Waals surface area contributed by atoms with Gasteiger partial charge in [0.2, 0.25) is 0 Å². The Kier molecular flexibility index (Phi) is 11.8. The van der Waals surface area contributed by atoms with Gasteiger partial charge in [0.25, 0.3) is 0 Å². The molecule has 0 spiro atoms. The molecule has 3 nitrogen and oxygen atoms in total. The van der Waals surface area contributed by atoms with Crippen molar-refractivity contribution >= 4 is 13.6 Å². The van der Waals surface area contributed by atoms with Crippen LogP contribution in [0.25, 0.3) is 0 Å². The van der Waals surface area contributed by atoms with Gasteiger partial charge in [-0.25, -0.2) is 0 Å². The molecule has 0 aromatic rings. The fourth-order valence-electron chi connectivity index (χ4n) is 3.52. The molecule has 1 N–H and O–H groups in total. The van der Waals surface area contributed by atoms with Crippen LogP contribution in [-0.2, 0) is 9.26 Å². The van der Waals surface area contributed by atoms with E-state index in [1.54, 1.807) is 19.3 Å². The van der Waals surface area contributed by atoms with Crippen molar-refractivity contribution in [1.29, 1.82) is 0 Å². The van der Waals surface area contributed by atoms with Crippen molar-refractivity contribution in [1.82, 2.24) is 0 Å². The molecule has 1 fully saturated rings. The largest absolute Gasteiger partial charge is 0.364 e. The van der Waals surface area contributed by atoms with Crippen LogP contribution in [0.15, 0.2) is 109 Å². The minimum Gasteiger partial charge on any atom is -0.364 e. The molecule has 0 aromatic carbocycles. The lowest BCUT2D eigenvalue weighted by atomic mass is 9.79. The van der Waals surface area contributed by atoms with Gasteiger partial charge < -0.3 is 14.2 Å². The van der Waals surface area contributed by atoms with Crippen molar-refractivity contribution in [3.8, 4) is 0 Å². The second kappa shape index (κ2) is 13.5.